The number of rotatable bonds is 5. The number of hydrogen-bond donors (Lipinski definition) is 2. The maximum absolute atomic E-state index is 12.1. The Morgan fingerprint density at radius 3 is 2.53 bits per heavy atom. The van der Waals surface area contributed by atoms with Crippen molar-refractivity contribution in [3.05, 3.63) is 0 Å². The van der Waals surface area contributed by atoms with Crippen molar-refractivity contribution < 1.29 is 4.79 Å². The molecule has 3 N–H and O–H groups in total. The summed E-state index contributed by atoms with van der Waals surface area (Å²) in [6.07, 6.45) is 4.29. The van der Waals surface area contributed by atoms with Crippen LogP contribution in [-0.4, -0.2) is 18.5 Å². The zero-order chi connectivity index (χ0) is 13.1. The van der Waals surface area contributed by atoms with Gasteiger partial charge in [-0.15, -0.1) is 0 Å². The minimum atomic E-state index is -0.0151. The third-order valence-electron chi connectivity index (χ3n) is 3.73. The van der Waals surface area contributed by atoms with Crippen LogP contribution in [0.4, 0.5) is 0 Å². The highest BCUT2D eigenvalue weighted by Crippen LogP contribution is 2.37. The van der Waals surface area contributed by atoms with Crippen molar-refractivity contribution in [2.24, 2.45) is 23.0 Å². The van der Waals surface area contributed by atoms with Crippen molar-refractivity contribution in [1.82, 2.24) is 5.32 Å². The highest BCUT2D eigenvalue weighted by molar-refractivity contribution is 5.79. The molecule has 0 heterocycles. The summed E-state index contributed by atoms with van der Waals surface area (Å²) in [6.45, 7) is 9.27. The van der Waals surface area contributed by atoms with Crippen LogP contribution in [0.3, 0.4) is 0 Å². The molecule has 0 aromatic heterocycles. The van der Waals surface area contributed by atoms with Gasteiger partial charge in [0.25, 0.3) is 0 Å². The number of nitrogens with two attached hydrogens (primary N) is 1. The van der Waals surface area contributed by atoms with Gasteiger partial charge in [-0.05, 0) is 37.0 Å². The Bertz CT molecular complexity index is 261. The fourth-order valence-electron chi connectivity index (χ4n) is 2.76. The molecule has 0 bridgehead atoms. The van der Waals surface area contributed by atoms with Gasteiger partial charge >= 0.3 is 0 Å². The molecule has 1 saturated carbocycles. The van der Waals surface area contributed by atoms with E-state index < -0.39 is 0 Å². The quantitative estimate of drug-likeness (QED) is 0.774. The second-order valence-corrected chi connectivity index (χ2v) is 6.67. The number of amides is 1. The minimum absolute atomic E-state index is 0.0151. The predicted molar refractivity (Wildman–Crippen MR) is 71.6 cm³/mol. The van der Waals surface area contributed by atoms with Crippen LogP contribution in [-0.2, 0) is 4.79 Å². The fourth-order valence-corrected chi connectivity index (χ4v) is 2.76. The lowest BCUT2D eigenvalue weighted by atomic mass is 9.91. The third kappa shape index (κ3) is 4.66. The highest BCUT2D eigenvalue weighted by atomic mass is 16.1. The lowest BCUT2D eigenvalue weighted by molar-refractivity contribution is -0.125. The monoisotopic (exact) mass is 240 g/mol. The molecule has 1 aliphatic carbocycles. The second kappa shape index (κ2) is 5.85. The predicted octanol–water partition coefficient (Wildman–Crippen LogP) is 2.30. The Morgan fingerprint density at radius 1 is 1.47 bits per heavy atom. The topological polar surface area (TPSA) is 55.1 Å². The molecule has 2 atom stereocenters. The van der Waals surface area contributed by atoms with Crippen LogP contribution >= 0.6 is 0 Å². The van der Waals surface area contributed by atoms with Crippen molar-refractivity contribution in [2.75, 3.05) is 6.54 Å². The van der Waals surface area contributed by atoms with E-state index in [4.69, 9.17) is 5.73 Å². The smallest absolute Gasteiger partial charge is 0.224 e. The van der Waals surface area contributed by atoms with Crippen molar-refractivity contribution in [2.45, 2.75) is 59.4 Å². The van der Waals surface area contributed by atoms with Gasteiger partial charge in [0, 0.05) is 12.6 Å². The van der Waals surface area contributed by atoms with Gasteiger partial charge in [0.05, 0.1) is 5.92 Å². The van der Waals surface area contributed by atoms with Gasteiger partial charge in [-0.25, -0.2) is 0 Å². The van der Waals surface area contributed by atoms with Gasteiger partial charge in [-0.2, -0.15) is 0 Å². The summed E-state index contributed by atoms with van der Waals surface area (Å²) in [5, 5.41) is 3.17. The molecule has 0 aliphatic heterocycles. The van der Waals surface area contributed by atoms with Crippen molar-refractivity contribution in [3.8, 4) is 0 Å². The average molecular weight is 240 g/mol. The number of carbonyl (C=O) groups is 1. The van der Waals surface area contributed by atoms with Crippen LogP contribution in [0.15, 0.2) is 0 Å². The zero-order valence-corrected chi connectivity index (χ0v) is 11.8. The molecule has 0 aromatic carbocycles. The van der Waals surface area contributed by atoms with Crippen LogP contribution < -0.4 is 11.1 Å². The Morgan fingerprint density at radius 2 is 2.12 bits per heavy atom. The van der Waals surface area contributed by atoms with E-state index >= 15 is 0 Å². The summed E-state index contributed by atoms with van der Waals surface area (Å²) < 4.78 is 0. The summed E-state index contributed by atoms with van der Waals surface area (Å²) in [4.78, 5) is 12.1. The Kier molecular flexibility index (Phi) is 4.99. The van der Waals surface area contributed by atoms with Crippen LogP contribution in [0.25, 0.3) is 0 Å². The normalized spacial score (nSPS) is 24.9. The van der Waals surface area contributed by atoms with E-state index in [9.17, 15) is 4.79 Å². The standard InChI is InChI=1S/C14H28N2O/c1-10(2)7-11(9-15)13(17)16-12-5-6-14(3,4)8-12/h10-12H,5-9,15H2,1-4H3,(H,16,17). The molecule has 0 spiro atoms. The van der Waals surface area contributed by atoms with E-state index in [1.807, 2.05) is 0 Å². The van der Waals surface area contributed by atoms with E-state index in [-0.39, 0.29) is 11.8 Å². The molecule has 0 aromatic rings. The zero-order valence-electron chi connectivity index (χ0n) is 11.8. The molecule has 3 heteroatoms. The number of nitrogens with one attached hydrogen (secondary N) is 1. The summed E-state index contributed by atoms with van der Waals surface area (Å²) in [5.74, 6) is 0.664. The van der Waals surface area contributed by atoms with Crippen molar-refractivity contribution in [1.29, 1.82) is 0 Å². The maximum Gasteiger partial charge on any atom is 0.224 e. The number of carbonyl (C=O) groups excluding carboxylic acids is 1. The second-order valence-electron chi connectivity index (χ2n) is 6.67. The molecule has 1 fully saturated rings. The molecule has 100 valence electrons. The van der Waals surface area contributed by atoms with Gasteiger partial charge < -0.3 is 11.1 Å². The first-order chi connectivity index (χ1) is 7.84. The van der Waals surface area contributed by atoms with Crippen molar-refractivity contribution >= 4 is 5.91 Å². The van der Waals surface area contributed by atoms with Gasteiger partial charge in [0.15, 0.2) is 0 Å². The van der Waals surface area contributed by atoms with E-state index in [1.54, 1.807) is 0 Å². The Balaban J connectivity index is 2.42. The molecular formula is C14H28N2O. The van der Waals surface area contributed by atoms with E-state index in [0.29, 0.717) is 23.9 Å². The van der Waals surface area contributed by atoms with E-state index in [2.05, 4.69) is 33.0 Å². The molecular weight excluding hydrogens is 212 g/mol. The fraction of sp³-hybridized carbons (Fsp3) is 0.929. The molecule has 0 saturated heterocycles. The average Bonchev–Trinajstić information content (AvgIpc) is 2.54. The van der Waals surface area contributed by atoms with Crippen LogP contribution in [0.1, 0.15) is 53.4 Å². The van der Waals surface area contributed by atoms with Crippen LogP contribution in [0, 0.1) is 17.3 Å². The molecule has 1 rings (SSSR count). The Hall–Kier alpha value is -0.570. The molecule has 1 aliphatic rings. The van der Waals surface area contributed by atoms with Gasteiger partial charge in [-0.1, -0.05) is 27.7 Å². The maximum atomic E-state index is 12.1. The minimum Gasteiger partial charge on any atom is -0.353 e. The molecule has 2 unspecified atom stereocenters. The molecule has 0 radical (unpaired) electrons. The van der Waals surface area contributed by atoms with Gasteiger partial charge in [0.2, 0.25) is 5.91 Å². The van der Waals surface area contributed by atoms with Crippen LogP contribution in [0.5, 0.6) is 0 Å². The molecule has 1 amide bonds. The Labute approximate surface area is 106 Å². The van der Waals surface area contributed by atoms with Crippen molar-refractivity contribution in [3.63, 3.8) is 0 Å². The van der Waals surface area contributed by atoms with Gasteiger partial charge in [-0.3, -0.25) is 4.79 Å². The lowest BCUT2D eigenvalue weighted by Crippen LogP contribution is -2.41. The highest BCUT2D eigenvalue weighted by Gasteiger charge is 2.32. The SMILES string of the molecule is CC(C)CC(CN)C(=O)NC1CCC(C)(C)C1. The lowest BCUT2D eigenvalue weighted by Gasteiger charge is -2.21. The summed E-state index contributed by atoms with van der Waals surface area (Å²) in [6, 6.07) is 0.360. The van der Waals surface area contributed by atoms with E-state index in [1.165, 1.54) is 6.42 Å². The summed E-state index contributed by atoms with van der Waals surface area (Å²) in [7, 11) is 0. The van der Waals surface area contributed by atoms with Gasteiger partial charge in [0.1, 0.15) is 0 Å². The third-order valence-corrected chi connectivity index (χ3v) is 3.73. The van der Waals surface area contributed by atoms with E-state index in [0.717, 1.165) is 19.3 Å². The number of hydrogen-bond acceptors (Lipinski definition) is 2. The molecule has 3 nitrogen and oxygen atoms in total. The first kappa shape index (κ1) is 14.5. The first-order valence-corrected chi connectivity index (χ1v) is 6.84. The first-order valence-electron chi connectivity index (χ1n) is 6.84. The van der Waals surface area contributed by atoms with Crippen LogP contribution in [0.2, 0.25) is 0 Å². The largest absolute Gasteiger partial charge is 0.353 e. The summed E-state index contributed by atoms with van der Waals surface area (Å²) >= 11 is 0. The molecule has 17 heavy (non-hydrogen) atoms. The summed E-state index contributed by atoms with van der Waals surface area (Å²) in [5.41, 5.74) is 6.07.